The summed E-state index contributed by atoms with van der Waals surface area (Å²) in [6.07, 6.45) is 8.85. The van der Waals surface area contributed by atoms with Gasteiger partial charge in [-0.25, -0.2) is 0 Å². The van der Waals surface area contributed by atoms with Crippen molar-refractivity contribution in [2.45, 2.75) is 86.5 Å². The SMILES string of the molecule is CCC[CH2][Sn]([CH2]CCC)[CH2]CCC.Cc1ccccc1C. The van der Waals surface area contributed by atoms with Crippen LogP contribution in [0.3, 0.4) is 0 Å². The number of aryl methyl sites for hydroxylation is 2. The van der Waals surface area contributed by atoms with E-state index in [4.69, 9.17) is 0 Å². The Morgan fingerprint density at radius 3 is 1.24 bits per heavy atom. The third-order valence-corrected chi connectivity index (χ3v) is 13.2. The standard InChI is InChI=1S/C8H10.3C4H9.Sn/c1-7-5-3-4-6-8(7)2;3*1-3-4-2;/h3-6H,1-2H3;3*1,3-4H2,2H3;. The normalized spacial score (nSPS) is 10.4. The van der Waals surface area contributed by atoms with E-state index in [9.17, 15) is 0 Å². The van der Waals surface area contributed by atoms with Crippen LogP contribution >= 0.6 is 0 Å². The van der Waals surface area contributed by atoms with Gasteiger partial charge in [0.05, 0.1) is 0 Å². The maximum atomic E-state index is 2.33. The zero-order valence-electron chi connectivity index (χ0n) is 15.2. The molecule has 1 aromatic rings. The fourth-order valence-corrected chi connectivity index (χ4v) is 11.8. The fraction of sp³-hybridized carbons (Fsp3) is 0.700. The molecule has 121 valence electrons. The van der Waals surface area contributed by atoms with Gasteiger partial charge >= 0.3 is 92.4 Å². The van der Waals surface area contributed by atoms with Crippen molar-refractivity contribution in [2.75, 3.05) is 0 Å². The molecule has 0 aliphatic carbocycles. The minimum Gasteiger partial charge on any atom is -0.0620 e. The molecular weight excluding hydrogens is 359 g/mol. The Labute approximate surface area is 141 Å². The first kappa shape index (κ1) is 21.0. The Morgan fingerprint density at radius 2 is 1.00 bits per heavy atom. The topological polar surface area (TPSA) is 0 Å². The second-order valence-corrected chi connectivity index (χ2v) is 14.7. The Kier molecular flexibility index (Phi) is 14.9. The maximum absolute atomic E-state index is 2.33. The van der Waals surface area contributed by atoms with Gasteiger partial charge in [0.1, 0.15) is 0 Å². The molecular formula is C20H37Sn. The molecule has 21 heavy (non-hydrogen) atoms. The molecule has 0 aliphatic heterocycles. The first-order valence-electron chi connectivity index (χ1n) is 9.01. The monoisotopic (exact) mass is 397 g/mol. The van der Waals surface area contributed by atoms with Gasteiger partial charge in [0, 0.05) is 0 Å². The predicted molar refractivity (Wildman–Crippen MR) is 101 cm³/mol. The Hall–Kier alpha value is 0.0187. The molecule has 0 spiro atoms. The average molecular weight is 396 g/mol. The van der Waals surface area contributed by atoms with Crippen molar-refractivity contribution in [1.82, 2.24) is 0 Å². The van der Waals surface area contributed by atoms with Crippen LogP contribution in [0, 0.1) is 13.8 Å². The summed E-state index contributed by atoms with van der Waals surface area (Å²) in [5.74, 6) is 0. The van der Waals surface area contributed by atoms with Gasteiger partial charge < -0.3 is 0 Å². The summed E-state index contributed by atoms with van der Waals surface area (Å²) in [7, 11) is 0. The van der Waals surface area contributed by atoms with E-state index in [2.05, 4.69) is 58.9 Å². The van der Waals surface area contributed by atoms with Gasteiger partial charge in [0.2, 0.25) is 0 Å². The Balaban J connectivity index is 0.000000423. The summed E-state index contributed by atoms with van der Waals surface area (Å²) in [6.45, 7) is 11.2. The van der Waals surface area contributed by atoms with Gasteiger partial charge in [-0.05, 0) is 25.0 Å². The number of rotatable bonds is 9. The van der Waals surface area contributed by atoms with Gasteiger partial charge in [-0.1, -0.05) is 24.3 Å². The molecule has 0 aliphatic rings. The molecule has 0 fully saturated rings. The predicted octanol–water partition coefficient (Wildman–Crippen LogP) is 7.18. The van der Waals surface area contributed by atoms with E-state index in [-0.39, 0.29) is 0 Å². The largest absolute Gasteiger partial charge is 0.0620 e. The smallest absolute Gasteiger partial charge is 0.0395 e. The minimum atomic E-state index is -0.839. The molecule has 0 atom stereocenters. The van der Waals surface area contributed by atoms with Crippen LogP contribution in [0.1, 0.15) is 70.4 Å². The second-order valence-electron chi connectivity index (χ2n) is 6.14. The summed E-state index contributed by atoms with van der Waals surface area (Å²) in [4.78, 5) is 0. The number of hydrogen-bond acceptors (Lipinski definition) is 0. The molecule has 0 amide bonds. The van der Waals surface area contributed by atoms with Crippen LogP contribution < -0.4 is 0 Å². The van der Waals surface area contributed by atoms with Crippen molar-refractivity contribution in [3.63, 3.8) is 0 Å². The minimum absolute atomic E-state index is 0.839. The molecule has 1 aromatic carbocycles. The van der Waals surface area contributed by atoms with E-state index < -0.39 is 19.8 Å². The molecule has 1 rings (SSSR count). The molecule has 1 heteroatoms. The molecule has 0 heterocycles. The van der Waals surface area contributed by atoms with E-state index in [1.807, 2.05) is 0 Å². The summed E-state index contributed by atoms with van der Waals surface area (Å²) in [6, 6.07) is 8.36. The van der Waals surface area contributed by atoms with Gasteiger partial charge in [0.25, 0.3) is 0 Å². The zero-order chi connectivity index (χ0) is 15.9. The quantitative estimate of drug-likeness (QED) is 0.388. The van der Waals surface area contributed by atoms with Crippen molar-refractivity contribution in [2.24, 2.45) is 0 Å². The first-order valence-corrected chi connectivity index (χ1v) is 15.1. The Morgan fingerprint density at radius 1 is 0.667 bits per heavy atom. The summed E-state index contributed by atoms with van der Waals surface area (Å²) in [5.41, 5.74) is 2.74. The van der Waals surface area contributed by atoms with Crippen molar-refractivity contribution in [3.8, 4) is 0 Å². The van der Waals surface area contributed by atoms with Crippen LogP contribution in [0.5, 0.6) is 0 Å². The molecule has 0 saturated heterocycles. The third-order valence-electron chi connectivity index (χ3n) is 4.08. The van der Waals surface area contributed by atoms with Crippen LogP contribution in [-0.2, 0) is 0 Å². The van der Waals surface area contributed by atoms with Gasteiger partial charge in [-0.3, -0.25) is 0 Å². The van der Waals surface area contributed by atoms with Gasteiger partial charge in [0.15, 0.2) is 0 Å². The molecule has 1 radical (unpaired) electrons. The summed E-state index contributed by atoms with van der Waals surface area (Å²) >= 11 is -0.839. The molecule has 0 bridgehead atoms. The van der Waals surface area contributed by atoms with Crippen molar-refractivity contribution < 1.29 is 0 Å². The van der Waals surface area contributed by atoms with Crippen LogP contribution in [0.25, 0.3) is 0 Å². The summed E-state index contributed by atoms with van der Waals surface area (Å²) < 4.78 is 5.04. The molecule has 0 unspecified atom stereocenters. The zero-order valence-corrected chi connectivity index (χ0v) is 18.0. The maximum Gasteiger partial charge on any atom is -0.0395 e. The second kappa shape index (κ2) is 14.9. The van der Waals surface area contributed by atoms with E-state index in [1.165, 1.54) is 49.7 Å². The van der Waals surface area contributed by atoms with E-state index in [0.29, 0.717) is 0 Å². The van der Waals surface area contributed by atoms with Crippen LogP contribution in [0.4, 0.5) is 0 Å². The molecule has 0 saturated carbocycles. The van der Waals surface area contributed by atoms with Crippen molar-refractivity contribution >= 4 is 19.8 Å². The van der Waals surface area contributed by atoms with E-state index in [1.54, 1.807) is 13.3 Å². The molecule has 0 N–H and O–H groups in total. The van der Waals surface area contributed by atoms with Crippen LogP contribution in [-0.4, -0.2) is 19.8 Å². The summed E-state index contributed by atoms with van der Waals surface area (Å²) in [5, 5.41) is 0. The number of benzene rings is 1. The average Bonchev–Trinajstić information content (AvgIpc) is 2.50. The number of unbranched alkanes of at least 4 members (excludes halogenated alkanes) is 3. The van der Waals surface area contributed by atoms with E-state index >= 15 is 0 Å². The van der Waals surface area contributed by atoms with Crippen molar-refractivity contribution in [3.05, 3.63) is 35.4 Å². The first-order chi connectivity index (χ1) is 10.2. The number of hydrogen-bond donors (Lipinski definition) is 0. The van der Waals surface area contributed by atoms with Gasteiger partial charge in [-0.15, -0.1) is 0 Å². The van der Waals surface area contributed by atoms with Crippen LogP contribution in [0.2, 0.25) is 13.3 Å². The third kappa shape index (κ3) is 12.3. The van der Waals surface area contributed by atoms with Crippen LogP contribution in [0.15, 0.2) is 24.3 Å². The fourth-order valence-electron chi connectivity index (χ4n) is 2.32. The molecule has 0 aromatic heterocycles. The Bertz CT molecular complexity index is 292. The van der Waals surface area contributed by atoms with Gasteiger partial charge in [-0.2, -0.15) is 0 Å². The van der Waals surface area contributed by atoms with E-state index in [0.717, 1.165) is 0 Å². The van der Waals surface area contributed by atoms with Crippen molar-refractivity contribution in [1.29, 1.82) is 0 Å². The molecule has 0 nitrogen and oxygen atoms in total.